The van der Waals surface area contributed by atoms with Crippen LogP contribution in [0.2, 0.25) is 0 Å². The molecule has 4 saturated heterocycles. The highest BCUT2D eigenvalue weighted by atomic mass is 32.1. The van der Waals surface area contributed by atoms with Gasteiger partial charge in [-0.2, -0.15) is 0 Å². The van der Waals surface area contributed by atoms with Crippen LogP contribution in [0.5, 0.6) is 0 Å². The lowest BCUT2D eigenvalue weighted by Gasteiger charge is -2.51. The number of fused-ring (bicyclic) bond motifs is 2. The second-order valence-electron chi connectivity index (χ2n) is 8.48. The van der Waals surface area contributed by atoms with Crippen molar-refractivity contribution in [1.29, 1.82) is 0 Å². The zero-order valence-electron chi connectivity index (χ0n) is 16.3. The van der Waals surface area contributed by atoms with Gasteiger partial charge in [0, 0.05) is 18.5 Å². The van der Waals surface area contributed by atoms with Gasteiger partial charge in [-0.15, -0.1) is 11.3 Å². The van der Waals surface area contributed by atoms with E-state index in [2.05, 4.69) is 46.0 Å². The highest BCUT2D eigenvalue weighted by Crippen LogP contribution is 2.47. The summed E-state index contributed by atoms with van der Waals surface area (Å²) in [6.07, 6.45) is 2.46. The van der Waals surface area contributed by atoms with Crippen LogP contribution in [0.25, 0.3) is 0 Å². The number of nitrogens with zero attached hydrogens (tertiary/aromatic N) is 3. The smallest absolute Gasteiger partial charge is 0.266 e. The van der Waals surface area contributed by atoms with Gasteiger partial charge >= 0.3 is 0 Å². The van der Waals surface area contributed by atoms with Crippen LogP contribution in [-0.4, -0.2) is 52.4 Å². The topological polar surface area (TPSA) is 36.4 Å². The molecule has 0 N–H and O–H groups in total. The number of thiazole rings is 1. The van der Waals surface area contributed by atoms with E-state index in [0.29, 0.717) is 23.9 Å². The van der Waals surface area contributed by atoms with Gasteiger partial charge in [0.05, 0.1) is 16.7 Å². The number of likely N-dealkylation sites (tertiary alicyclic amines) is 1. The quantitative estimate of drug-likeness (QED) is 0.794. The SMILES string of the molecule is Cc1ccc([C@@H]2CN(C(=O)c3sc(C)nc3C)[C@@H]3C4CCN(CC4)[C@@H]32)cc1. The van der Waals surface area contributed by atoms with Crippen LogP contribution in [0.4, 0.5) is 0 Å². The number of aryl methyl sites for hydroxylation is 3. The molecule has 2 aromatic rings. The largest absolute Gasteiger partial charge is 0.332 e. The van der Waals surface area contributed by atoms with Gasteiger partial charge in [0.15, 0.2) is 0 Å². The first-order valence-electron chi connectivity index (χ1n) is 10.1. The molecule has 4 aliphatic heterocycles. The van der Waals surface area contributed by atoms with Crippen molar-refractivity contribution in [2.75, 3.05) is 19.6 Å². The molecule has 0 radical (unpaired) electrons. The monoisotopic (exact) mass is 381 g/mol. The maximum atomic E-state index is 13.5. The minimum atomic E-state index is 0.205. The van der Waals surface area contributed by atoms with Crippen molar-refractivity contribution in [3.63, 3.8) is 0 Å². The summed E-state index contributed by atoms with van der Waals surface area (Å²) in [6.45, 7) is 9.31. The van der Waals surface area contributed by atoms with Crippen molar-refractivity contribution in [3.05, 3.63) is 51.0 Å². The predicted molar refractivity (Wildman–Crippen MR) is 108 cm³/mol. The molecule has 3 atom stereocenters. The molecule has 142 valence electrons. The lowest BCUT2D eigenvalue weighted by atomic mass is 9.75. The number of hydrogen-bond acceptors (Lipinski definition) is 4. The second kappa shape index (κ2) is 6.42. The fourth-order valence-electron chi connectivity index (χ4n) is 5.62. The Bertz CT molecular complexity index is 866. The van der Waals surface area contributed by atoms with Crippen LogP contribution in [0.15, 0.2) is 24.3 Å². The molecule has 5 heteroatoms. The predicted octanol–water partition coefficient (Wildman–Crippen LogP) is 3.77. The van der Waals surface area contributed by atoms with E-state index in [1.54, 1.807) is 11.3 Å². The van der Waals surface area contributed by atoms with Gasteiger partial charge < -0.3 is 4.90 Å². The molecule has 0 aliphatic carbocycles. The summed E-state index contributed by atoms with van der Waals surface area (Å²) in [5, 5.41) is 0.982. The first-order valence-corrected chi connectivity index (χ1v) is 10.9. The average Bonchev–Trinajstić information content (AvgIpc) is 3.24. The summed E-state index contributed by atoms with van der Waals surface area (Å²) in [4.78, 5) is 23.7. The Morgan fingerprint density at radius 3 is 2.41 bits per heavy atom. The summed E-state index contributed by atoms with van der Waals surface area (Å²) >= 11 is 1.55. The molecule has 1 amide bonds. The molecular weight excluding hydrogens is 354 g/mol. The van der Waals surface area contributed by atoms with E-state index in [0.717, 1.165) is 22.1 Å². The van der Waals surface area contributed by atoms with E-state index in [-0.39, 0.29) is 5.91 Å². The van der Waals surface area contributed by atoms with Gasteiger partial charge in [-0.3, -0.25) is 9.69 Å². The molecule has 5 heterocycles. The minimum Gasteiger partial charge on any atom is -0.332 e. The van der Waals surface area contributed by atoms with E-state index < -0.39 is 0 Å². The van der Waals surface area contributed by atoms with E-state index in [1.165, 1.54) is 37.1 Å². The van der Waals surface area contributed by atoms with Crippen molar-refractivity contribution >= 4 is 17.2 Å². The highest BCUT2D eigenvalue weighted by molar-refractivity contribution is 7.13. The Kier molecular flexibility index (Phi) is 4.13. The lowest BCUT2D eigenvalue weighted by molar-refractivity contribution is -0.00328. The molecule has 1 aromatic heterocycles. The van der Waals surface area contributed by atoms with Crippen LogP contribution in [-0.2, 0) is 0 Å². The molecule has 2 bridgehead atoms. The molecular formula is C22H27N3OS. The number of rotatable bonds is 2. The number of amides is 1. The van der Waals surface area contributed by atoms with Crippen molar-refractivity contribution < 1.29 is 4.79 Å². The maximum Gasteiger partial charge on any atom is 0.266 e. The molecule has 1 aromatic carbocycles. The number of carbonyl (C=O) groups excluding carboxylic acids is 1. The maximum absolute atomic E-state index is 13.5. The summed E-state index contributed by atoms with van der Waals surface area (Å²) < 4.78 is 0. The molecule has 0 unspecified atom stereocenters. The van der Waals surface area contributed by atoms with E-state index >= 15 is 0 Å². The average molecular weight is 382 g/mol. The molecule has 6 rings (SSSR count). The van der Waals surface area contributed by atoms with Gasteiger partial charge in [0.1, 0.15) is 4.88 Å². The molecule has 27 heavy (non-hydrogen) atoms. The minimum absolute atomic E-state index is 0.205. The first kappa shape index (κ1) is 17.4. The Labute approximate surface area is 165 Å². The van der Waals surface area contributed by atoms with Gasteiger partial charge in [-0.25, -0.2) is 4.98 Å². The molecule has 0 saturated carbocycles. The van der Waals surface area contributed by atoms with E-state index in [1.807, 2.05) is 13.8 Å². The van der Waals surface area contributed by atoms with Crippen LogP contribution in [0, 0.1) is 26.7 Å². The van der Waals surface area contributed by atoms with Crippen molar-refractivity contribution in [2.45, 2.75) is 51.6 Å². The standard InChI is InChI=1S/C22H27N3OS/c1-13-4-6-16(7-5-13)18-12-25(22(26)21-14(2)23-15(3)27-21)19-17-8-10-24(11-9-17)20(18)19/h4-7,17-20H,8-12H2,1-3H3/t18-,19+,20+/m0/s1. The molecule has 4 nitrogen and oxygen atoms in total. The number of piperidine rings is 3. The summed E-state index contributed by atoms with van der Waals surface area (Å²) in [5.41, 5.74) is 3.57. The lowest BCUT2D eigenvalue weighted by Crippen LogP contribution is -2.60. The van der Waals surface area contributed by atoms with Gasteiger partial charge in [0.2, 0.25) is 0 Å². The first-order chi connectivity index (χ1) is 13.0. The molecule has 4 aliphatic rings. The second-order valence-corrected chi connectivity index (χ2v) is 9.68. The van der Waals surface area contributed by atoms with Crippen molar-refractivity contribution in [3.8, 4) is 0 Å². The van der Waals surface area contributed by atoms with E-state index in [4.69, 9.17) is 0 Å². The number of aromatic nitrogens is 1. The fourth-order valence-corrected chi connectivity index (χ4v) is 6.50. The zero-order chi connectivity index (χ0) is 18.7. The summed E-state index contributed by atoms with van der Waals surface area (Å²) in [7, 11) is 0. The fraction of sp³-hybridized carbons (Fsp3) is 0.545. The third kappa shape index (κ3) is 2.74. The van der Waals surface area contributed by atoms with E-state index in [9.17, 15) is 4.79 Å². The number of hydrogen-bond donors (Lipinski definition) is 0. The van der Waals surface area contributed by atoms with Gasteiger partial charge in [-0.1, -0.05) is 29.8 Å². The van der Waals surface area contributed by atoms with Crippen LogP contribution >= 0.6 is 11.3 Å². The van der Waals surface area contributed by atoms with Crippen molar-refractivity contribution in [2.24, 2.45) is 5.92 Å². The number of benzene rings is 1. The van der Waals surface area contributed by atoms with Crippen LogP contribution in [0.1, 0.15) is 50.3 Å². The summed E-state index contributed by atoms with van der Waals surface area (Å²) in [5.74, 6) is 1.27. The van der Waals surface area contributed by atoms with Crippen molar-refractivity contribution in [1.82, 2.24) is 14.8 Å². The van der Waals surface area contributed by atoms with Gasteiger partial charge in [-0.05, 0) is 58.2 Å². The summed E-state index contributed by atoms with van der Waals surface area (Å²) in [6, 6.07) is 9.79. The highest BCUT2D eigenvalue weighted by Gasteiger charge is 2.54. The Morgan fingerprint density at radius 2 is 1.78 bits per heavy atom. The van der Waals surface area contributed by atoms with Gasteiger partial charge in [0.25, 0.3) is 5.91 Å². The van der Waals surface area contributed by atoms with Crippen LogP contribution < -0.4 is 0 Å². The number of carbonyl (C=O) groups is 1. The Hall–Kier alpha value is -1.72. The zero-order valence-corrected chi connectivity index (χ0v) is 17.1. The Morgan fingerprint density at radius 1 is 1.07 bits per heavy atom. The Balaban J connectivity index is 1.53. The third-order valence-electron chi connectivity index (χ3n) is 6.86. The third-order valence-corrected chi connectivity index (χ3v) is 7.92. The van der Waals surface area contributed by atoms with Crippen LogP contribution in [0.3, 0.4) is 0 Å². The molecule has 4 fully saturated rings. The molecule has 0 spiro atoms. The normalized spacial score (nSPS) is 32.0.